The van der Waals surface area contributed by atoms with E-state index in [1.807, 2.05) is 6.07 Å². The molecule has 1 aromatic rings. The van der Waals surface area contributed by atoms with Crippen LogP contribution in [0.15, 0.2) is 11.1 Å². The molecule has 0 spiro atoms. The second kappa shape index (κ2) is 5.86. The summed E-state index contributed by atoms with van der Waals surface area (Å²) in [6.45, 7) is 3.88. The van der Waals surface area contributed by atoms with Gasteiger partial charge in [-0.05, 0) is 13.3 Å². The molecule has 0 N–H and O–H groups in total. The predicted molar refractivity (Wildman–Crippen MR) is 63.3 cm³/mol. The van der Waals surface area contributed by atoms with Gasteiger partial charge >= 0.3 is 0 Å². The molecule has 0 unspecified atom stereocenters. The molecular weight excluding hydrogens is 202 g/mol. The van der Waals surface area contributed by atoms with Crippen molar-refractivity contribution in [2.24, 2.45) is 4.99 Å². The van der Waals surface area contributed by atoms with Gasteiger partial charge in [0.2, 0.25) is 0 Å². The van der Waals surface area contributed by atoms with Gasteiger partial charge in [-0.3, -0.25) is 4.99 Å². The third-order valence-corrected chi connectivity index (χ3v) is 2.12. The summed E-state index contributed by atoms with van der Waals surface area (Å²) in [5.41, 5.74) is 1.61. The van der Waals surface area contributed by atoms with Crippen molar-refractivity contribution in [2.75, 3.05) is 7.11 Å². The van der Waals surface area contributed by atoms with Gasteiger partial charge in [-0.1, -0.05) is 13.3 Å². The van der Waals surface area contributed by atoms with E-state index in [9.17, 15) is 0 Å². The highest BCUT2D eigenvalue weighted by Crippen LogP contribution is 2.25. The van der Waals surface area contributed by atoms with E-state index in [0.29, 0.717) is 22.8 Å². The van der Waals surface area contributed by atoms with Crippen molar-refractivity contribution in [2.45, 2.75) is 26.7 Å². The molecule has 0 aliphatic carbocycles. The van der Waals surface area contributed by atoms with Gasteiger partial charge < -0.3 is 4.74 Å². The summed E-state index contributed by atoms with van der Waals surface area (Å²) in [7, 11) is 1.58. The quantitative estimate of drug-likeness (QED) is 0.728. The van der Waals surface area contributed by atoms with Crippen LogP contribution in [-0.4, -0.2) is 18.3 Å². The molecule has 1 rings (SSSR count). The molecular formula is C12H15N3O. The molecule has 0 fully saturated rings. The topological polar surface area (TPSA) is 58.3 Å². The second-order valence-corrected chi connectivity index (χ2v) is 3.36. The van der Waals surface area contributed by atoms with Gasteiger partial charge in [-0.15, -0.1) is 0 Å². The molecule has 1 aromatic heterocycles. The Morgan fingerprint density at radius 1 is 1.62 bits per heavy atom. The molecule has 0 saturated heterocycles. The summed E-state index contributed by atoms with van der Waals surface area (Å²) in [4.78, 5) is 8.37. The highest BCUT2D eigenvalue weighted by Gasteiger charge is 2.07. The molecule has 84 valence electrons. The second-order valence-electron chi connectivity index (χ2n) is 3.36. The molecule has 1 heterocycles. The fraction of sp³-hybridized carbons (Fsp3) is 0.417. The Morgan fingerprint density at radius 3 is 2.94 bits per heavy atom. The van der Waals surface area contributed by atoms with Crippen LogP contribution in [0.2, 0.25) is 0 Å². The number of nitrogens with zero attached hydrogens (tertiary/aromatic N) is 3. The Bertz CT molecular complexity index is 433. The van der Waals surface area contributed by atoms with Gasteiger partial charge in [0.1, 0.15) is 17.5 Å². The van der Waals surface area contributed by atoms with E-state index in [1.165, 1.54) is 0 Å². The number of aliphatic imine (C=N–C) groups is 1. The Labute approximate surface area is 95.6 Å². The minimum atomic E-state index is 0.339. The molecule has 0 atom stereocenters. The summed E-state index contributed by atoms with van der Waals surface area (Å²) < 4.78 is 5.15. The maximum Gasteiger partial charge on any atom is 0.166 e. The molecule has 0 saturated carbocycles. The van der Waals surface area contributed by atoms with Gasteiger partial charge in [0.15, 0.2) is 5.69 Å². The summed E-state index contributed by atoms with van der Waals surface area (Å²) in [6.07, 6.45) is 3.72. The Hall–Kier alpha value is -1.89. The summed E-state index contributed by atoms with van der Waals surface area (Å²) >= 11 is 0. The van der Waals surface area contributed by atoms with E-state index in [1.54, 1.807) is 26.3 Å². The Morgan fingerprint density at radius 2 is 2.38 bits per heavy atom. The number of unbranched alkanes of at least 4 members (excludes halogenated alkanes) is 1. The highest BCUT2D eigenvalue weighted by molar-refractivity contribution is 5.66. The van der Waals surface area contributed by atoms with E-state index < -0.39 is 0 Å². The van der Waals surface area contributed by atoms with Gasteiger partial charge in [-0.2, -0.15) is 5.26 Å². The standard InChI is InChI=1S/C12H15N3O/c1-4-5-6-14-10-7-12(16-3)9(2)15-11(10)8-13/h6-7H,4-5H2,1-3H3. The first-order valence-corrected chi connectivity index (χ1v) is 5.21. The first-order valence-electron chi connectivity index (χ1n) is 5.21. The predicted octanol–water partition coefficient (Wildman–Crippen LogP) is 2.77. The lowest BCUT2D eigenvalue weighted by molar-refractivity contribution is 0.409. The number of aromatic nitrogens is 1. The average molecular weight is 217 g/mol. The van der Waals surface area contributed by atoms with Crippen LogP contribution in [-0.2, 0) is 0 Å². The number of hydrogen-bond acceptors (Lipinski definition) is 4. The third-order valence-electron chi connectivity index (χ3n) is 2.12. The lowest BCUT2D eigenvalue weighted by atomic mass is 10.2. The monoisotopic (exact) mass is 217 g/mol. The Kier molecular flexibility index (Phi) is 4.46. The van der Waals surface area contributed by atoms with Crippen LogP contribution in [0.1, 0.15) is 31.2 Å². The van der Waals surface area contributed by atoms with Crippen molar-refractivity contribution < 1.29 is 4.74 Å². The van der Waals surface area contributed by atoms with Gasteiger partial charge in [0.25, 0.3) is 0 Å². The fourth-order valence-electron chi connectivity index (χ4n) is 1.26. The van der Waals surface area contributed by atoms with Crippen molar-refractivity contribution in [1.82, 2.24) is 4.98 Å². The lowest BCUT2D eigenvalue weighted by Crippen LogP contribution is -1.93. The number of nitriles is 1. The minimum absolute atomic E-state index is 0.339. The molecule has 4 heteroatoms. The van der Waals surface area contributed by atoms with E-state index in [4.69, 9.17) is 10.00 Å². The normalized spacial score (nSPS) is 10.4. The first kappa shape index (κ1) is 12.2. The van der Waals surface area contributed by atoms with Crippen LogP contribution in [0.5, 0.6) is 5.75 Å². The van der Waals surface area contributed by atoms with Crippen LogP contribution in [0.4, 0.5) is 5.69 Å². The molecule has 0 aliphatic heterocycles. The van der Waals surface area contributed by atoms with Gasteiger partial charge in [0.05, 0.1) is 12.8 Å². The zero-order chi connectivity index (χ0) is 12.0. The van der Waals surface area contributed by atoms with Crippen LogP contribution < -0.4 is 4.74 Å². The number of methoxy groups -OCH3 is 1. The van der Waals surface area contributed by atoms with Crippen molar-refractivity contribution in [3.63, 3.8) is 0 Å². The zero-order valence-corrected chi connectivity index (χ0v) is 9.82. The average Bonchev–Trinajstić information content (AvgIpc) is 2.30. The SMILES string of the molecule is CCCC=Nc1cc(OC)c(C)nc1C#N. The lowest BCUT2D eigenvalue weighted by Gasteiger charge is -2.05. The van der Waals surface area contributed by atoms with E-state index in [2.05, 4.69) is 16.9 Å². The summed E-state index contributed by atoms with van der Waals surface area (Å²) in [5.74, 6) is 0.655. The number of ether oxygens (including phenoxy) is 1. The molecule has 4 nitrogen and oxygen atoms in total. The molecule has 0 amide bonds. The number of hydrogen-bond donors (Lipinski definition) is 0. The molecule has 0 bridgehead atoms. The first-order chi connectivity index (χ1) is 7.72. The Balaban J connectivity index is 3.11. The number of pyridine rings is 1. The number of aryl methyl sites for hydroxylation is 1. The van der Waals surface area contributed by atoms with Crippen LogP contribution >= 0.6 is 0 Å². The highest BCUT2D eigenvalue weighted by atomic mass is 16.5. The summed E-state index contributed by atoms with van der Waals surface area (Å²) in [5, 5.41) is 8.94. The summed E-state index contributed by atoms with van der Waals surface area (Å²) in [6, 6.07) is 3.78. The molecule has 0 aromatic carbocycles. The largest absolute Gasteiger partial charge is 0.495 e. The van der Waals surface area contributed by atoms with E-state index >= 15 is 0 Å². The fourth-order valence-corrected chi connectivity index (χ4v) is 1.26. The number of rotatable bonds is 4. The van der Waals surface area contributed by atoms with E-state index in [-0.39, 0.29) is 0 Å². The molecule has 0 aliphatic rings. The maximum absolute atomic E-state index is 8.94. The third kappa shape index (κ3) is 2.80. The zero-order valence-electron chi connectivity index (χ0n) is 9.82. The van der Waals surface area contributed by atoms with Crippen molar-refractivity contribution in [3.8, 4) is 11.8 Å². The van der Waals surface area contributed by atoms with Crippen LogP contribution in [0.25, 0.3) is 0 Å². The van der Waals surface area contributed by atoms with E-state index in [0.717, 1.165) is 12.8 Å². The van der Waals surface area contributed by atoms with Crippen LogP contribution in [0.3, 0.4) is 0 Å². The van der Waals surface area contributed by atoms with Crippen LogP contribution in [0, 0.1) is 18.3 Å². The molecule has 0 radical (unpaired) electrons. The minimum Gasteiger partial charge on any atom is -0.495 e. The molecule has 16 heavy (non-hydrogen) atoms. The van der Waals surface area contributed by atoms with Crippen molar-refractivity contribution in [3.05, 3.63) is 17.5 Å². The smallest absolute Gasteiger partial charge is 0.166 e. The van der Waals surface area contributed by atoms with Gasteiger partial charge in [-0.25, -0.2) is 4.98 Å². The van der Waals surface area contributed by atoms with Gasteiger partial charge in [0, 0.05) is 12.3 Å². The van der Waals surface area contributed by atoms with Crippen molar-refractivity contribution >= 4 is 11.9 Å². The maximum atomic E-state index is 8.94. The van der Waals surface area contributed by atoms with Crippen molar-refractivity contribution in [1.29, 1.82) is 5.26 Å².